The smallest absolute Gasteiger partial charge is 0.227 e. The van der Waals surface area contributed by atoms with Crippen LogP contribution in [0.15, 0.2) is 0 Å². The summed E-state index contributed by atoms with van der Waals surface area (Å²) in [7, 11) is 0. The first kappa shape index (κ1) is 10.9. The van der Waals surface area contributed by atoms with Crippen molar-refractivity contribution in [3.05, 3.63) is 0 Å². The summed E-state index contributed by atoms with van der Waals surface area (Å²) in [6.07, 6.45) is 4.56. The molecular weight excluding hydrogens is 188 g/mol. The highest BCUT2D eigenvalue weighted by molar-refractivity contribution is 5.80. The van der Waals surface area contributed by atoms with Crippen LogP contribution in [0.3, 0.4) is 0 Å². The average Bonchev–Trinajstić information content (AvgIpc) is 2.59. The van der Waals surface area contributed by atoms with Crippen LogP contribution in [-0.4, -0.2) is 36.0 Å². The fraction of sp³-hybridized carbons (Fsp3) is 0.917. The van der Waals surface area contributed by atoms with Crippen LogP contribution < -0.4 is 5.32 Å². The van der Waals surface area contributed by atoms with Crippen LogP contribution in [0.25, 0.3) is 0 Å². The van der Waals surface area contributed by atoms with Gasteiger partial charge in [-0.05, 0) is 46.1 Å². The lowest BCUT2D eigenvalue weighted by molar-refractivity contribution is -0.138. The van der Waals surface area contributed by atoms with Crippen molar-refractivity contribution in [3.8, 4) is 0 Å². The summed E-state index contributed by atoms with van der Waals surface area (Å²) in [6, 6.07) is 0.906. The van der Waals surface area contributed by atoms with Crippen molar-refractivity contribution in [2.75, 3.05) is 13.1 Å². The van der Waals surface area contributed by atoms with Gasteiger partial charge in [0, 0.05) is 18.6 Å². The fourth-order valence-corrected chi connectivity index (χ4v) is 2.90. The molecular formula is C12H22N2O. The van der Waals surface area contributed by atoms with Crippen molar-refractivity contribution in [1.29, 1.82) is 0 Å². The maximum Gasteiger partial charge on any atom is 0.227 e. The summed E-state index contributed by atoms with van der Waals surface area (Å²) in [5, 5.41) is 3.32. The molecule has 0 aliphatic carbocycles. The fourth-order valence-electron chi connectivity index (χ4n) is 2.90. The molecule has 0 saturated carbocycles. The molecule has 2 aliphatic heterocycles. The summed E-state index contributed by atoms with van der Waals surface area (Å²) in [5.41, 5.74) is 0. The van der Waals surface area contributed by atoms with E-state index in [1.165, 1.54) is 12.8 Å². The van der Waals surface area contributed by atoms with E-state index in [9.17, 15) is 4.79 Å². The van der Waals surface area contributed by atoms with Gasteiger partial charge < -0.3 is 10.2 Å². The Labute approximate surface area is 92.2 Å². The zero-order valence-corrected chi connectivity index (χ0v) is 9.83. The number of carbonyl (C=O) groups excluding carboxylic acids is 1. The van der Waals surface area contributed by atoms with Gasteiger partial charge in [0.1, 0.15) is 0 Å². The summed E-state index contributed by atoms with van der Waals surface area (Å²) >= 11 is 0. The Morgan fingerprint density at radius 1 is 1.20 bits per heavy atom. The van der Waals surface area contributed by atoms with E-state index in [2.05, 4.69) is 24.1 Å². The molecule has 2 aliphatic rings. The van der Waals surface area contributed by atoms with Gasteiger partial charge in [-0.15, -0.1) is 0 Å². The van der Waals surface area contributed by atoms with Crippen LogP contribution in [0, 0.1) is 5.92 Å². The van der Waals surface area contributed by atoms with Gasteiger partial charge in [0.2, 0.25) is 5.91 Å². The Morgan fingerprint density at radius 3 is 2.40 bits per heavy atom. The molecule has 0 spiro atoms. The largest absolute Gasteiger partial charge is 0.337 e. The number of amides is 1. The number of piperidine rings is 1. The number of hydrogen-bond acceptors (Lipinski definition) is 2. The average molecular weight is 210 g/mol. The zero-order valence-electron chi connectivity index (χ0n) is 9.83. The lowest BCUT2D eigenvalue weighted by atomic mass is 9.97. The molecule has 3 heteroatoms. The van der Waals surface area contributed by atoms with Crippen LogP contribution in [0.5, 0.6) is 0 Å². The standard InChI is InChI=1S/C12H22N2O/c1-9-5-6-10(2)14(9)12(15)11-4-3-7-13-8-11/h9-11,13H,3-8H2,1-2H3. The second-order valence-electron chi connectivity index (χ2n) is 5.06. The number of nitrogens with zero attached hydrogens (tertiary/aromatic N) is 1. The molecule has 0 aromatic carbocycles. The minimum Gasteiger partial charge on any atom is -0.337 e. The van der Waals surface area contributed by atoms with Gasteiger partial charge >= 0.3 is 0 Å². The molecule has 3 nitrogen and oxygen atoms in total. The SMILES string of the molecule is CC1CCC(C)N1C(=O)C1CCCNC1. The van der Waals surface area contributed by atoms with Crippen molar-refractivity contribution < 1.29 is 4.79 Å². The molecule has 0 aromatic heterocycles. The summed E-state index contributed by atoms with van der Waals surface area (Å²) < 4.78 is 0. The topological polar surface area (TPSA) is 32.3 Å². The lowest BCUT2D eigenvalue weighted by Gasteiger charge is -2.32. The molecule has 0 radical (unpaired) electrons. The highest BCUT2D eigenvalue weighted by Gasteiger charge is 2.35. The van der Waals surface area contributed by atoms with Crippen LogP contribution in [0.4, 0.5) is 0 Å². The van der Waals surface area contributed by atoms with E-state index >= 15 is 0 Å². The molecule has 3 unspecified atom stereocenters. The molecule has 2 heterocycles. The van der Waals surface area contributed by atoms with Gasteiger partial charge in [-0.2, -0.15) is 0 Å². The number of hydrogen-bond donors (Lipinski definition) is 1. The maximum atomic E-state index is 12.3. The molecule has 2 rings (SSSR count). The third-order valence-electron chi connectivity index (χ3n) is 3.85. The van der Waals surface area contributed by atoms with Crippen LogP contribution in [0.1, 0.15) is 39.5 Å². The van der Waals surface area contributed by atoms with Gasteiger partial charge in [-0.25, -0.2) is 0 Å². The van der Waals surface area contributed by atoms with Gasteiger partial charge in [0.15, 0.2) is 0 Å². The summed E-state index contributed by atoms with van der Waals surface area (Å²) in [6.45, 7) is 6.32. The predicted octanol–water partition coefficient (Wildman–Crippen LogP) is 1.39. The third-order valence-corrected chi connectivity index (χ3v) is 3.85. The number of carbonyl (C=O) groups is 1. The van der Waals surface area contributed by atoms with E-state index in [1.54, 1.807) is 0 Å². The monoisotopic (exact) mass is 210 g/mol. The van der Waals surface area contributed by atoms with Crippen molar-refractivity contribution in [3.63, 3.8) is 0 Å². The van der Waals surface area contributed by atoms with Crippen LogP contribution >= 0.6 is 0 Å². The molecule has 15 heavy (non-hydrogen) atoms. The lowest BCUT2D eigenvalue weighted by Crippen LogP contribution is -2.46. The van der Waals surface area contributed by atoms with E-state index in [4.69, 9.17) is 0 Å². The maximum absolute atomic E-state index is 12.3. The van der Waals surface area contributed by atoms with Gasteiger partial charge in [0.25, 0.3) is 0 Å². The quantitative estimate of drug-likeness (QED) is 0.709. The van der Waals surface area contributed by atoms with E-state index in [1.807, 2.05) is 0 Å². The molecule has 0 bridgehead atoms. The van der Waals surface area contributed by atoms with Crippen molar-refractivity contribution in [2.24, 2.45) is 5.92 Å². The van der Waals surface area contributed by atoms with E-state index in [-0.39, 0.29) is 5.92 Å². The Bertz CT molecular complexity index is 226. The number of likely N-dealkylation sites (tertiary alicyclic amines) is 1. The molecule has 2 fully saturated rings. The molecule has 86 valence electrons. The molecule has 1 N–H and O–H groups in total. The second-order valence-corrected chi connectivity index (χ2v) is 5.06. The van der Waals surface area contributed by atoms with Crippen molar-refractivity contribution >= 4 is 5.91 Å². The van der Waals surface area contributed by atoms with Crippen molar-refractivity contribution in [1.82, 2.24) is 10.2 Å². The predicted molar refractivity (Wildman–Crippen MR) is 60.6 cm³/mol. The highest BCUT2D eigenvalue weighted by Crippen LogP contribution is 2.26. The molecule has 3 atom stereocenters. The Balaban J connectivity index is 1.99. The van der Waals surface area contributed by atoms with E-state index < -0.39 is 0 Å². The van der Waals surface area contributed by atoms with Gasteiger partial charge in [-0.3, -0.25) is 4.79 Å². The number of rotatable bonds is 1. The normalized spacial score (nSPS) is 36.9. The molecule has 2 saturated heterocycles. The number of nitrogens with one attached hydrogen (secondary N) is 1. The minimum atomic E-state index is 0.238. The zero-order chi connectivity index (χ0) is 10.8. The first-order chi connectivity index (χ1) is 7.20. The van der Waals surface area contributed by atoms with Crippen LogP contribution in [-0.2, 0) is 4.79 Å². The minimum absolute atomic E-state index is 0.238. The van der Waals surface area contributed by atoms with Gasteiger partial charge in [-0.1, -0.05) is 0 Å². The Hall–Kier alpha value is -0.570. The summed E-state index contributed by atoms with van der Waals surface area (Å²) in [5.74, 6) is 0.626. The molecule has 1 amide bonds. The first-order valence-electron chi connectivity index (χ1n) is 6.23. The third kappa shape index (κ3) is 2.17. The van der Waals surface area contributed by atoms with Crippen LogP contribution in [0.2, 0.25) is 0 Å². The van der Waals surface area contributed by atoms with Crippen molar-refractivity contribution in [2.45, 2.75) is 51.6 Å². The van der Waals surface area contributed by atoms with Gasteiger partial charge in [0.05, 0.1) is 5.92 Å². The summed E-state index contributed by atoms with van der Waals surface area (Å²) in [4.78, 5) is 14.4. The van der Waals surface area contributed by atoms with E-state index in [0.29, 0.717) is 18.0 Å². The van der Waals surface area contributed by atoms with E-state index in [0.717, 1.165) is 25.9 Å². The Morgan fingerprint density at radius 2 is 1.87 bits per heavy atom. The highest BCUT2D eigenvalue weighted by atomic mass is 16.2. The molecule has 0 aromatic rings. The first-order valence-corrected chi connectivity index (χ1v) is 6.23. The Kier molecular flexibility index (Phi) is 3.29. The second kappa shape index (κ2) is 4.52.